The summed E-state index contributed by atoms with van der Waals surface area (Å²) in [6.45, 7) is 8.55. The number of aromatic nitrogens is 3. The molecule has 1 heterocycles. The van der Waals surface area contributed by atoms with Gasteiger partial charge >= 0.3 is 0 Å². The van der Waals surface area contributed by atoms with Gasteiger partial charge in [0.25, 0.3) is 0 Å². The highest BCUT2D eigenvalue weighted by molar-refractivity contribution is 6.31. The molecule has 3 aromatic rings. The molecule has 0 amide bonds. The topological polar surface area (TPSA) is 50.9 Å². The maximum atomic E-state index is 10.3. The number of rotatable bonds is 7. The Hall–Kier alpha value is -1.91. The van der Waals surface area contributed by atoms with Gasteiger partial charge in [0.15, 0.2) is 0 Å². The SMILES string of the molecule is CC(C)CCc1cc(CC(O)C(C)C)cc(-n2nc3ccc(Cl)cc3n2)c1. The number of aliphatic hydroxyl groups is 1. The molecule has 5 heteroatoms. The van der Waals surface area contributed by atoms with Crippen LogP contribution in [0.15, 0.2) is 36.4 Å². The second kappa shape index (κ2) is 8.41. The molecule has 0 radical (unpaired) electrons. The number of benzene rings is 2. The maximum Gasteiger partial charge on any atom is 0.115 e. The standard InChI is InChI=1S/C22H28ClN3O/c1-14(2)5-6-16-9-17(12-22(27)15(3)4)11-19(10-16)26-24-20-8-7-18(23)13-21(20)25-26/h7-11,13-15,22,27H,5-6,12H2,1-4H3. The Morgan fingerprint density at radius 3 is 2.37 bits per heavy atom. The second-order valence-electron chi connectivity index (χ2n) is 8.08. The number of halogens is 1. The quantitative estimate of drug-likeness (QED) is 0.606. The summed E-state index contributed by atoms with van der Waals surface area (Å²) in [5.41, 5.74) is 4.89. The largest absolute Gasteiger partial charge is 0.393 e. The summed E-state index contributed by atoms with van der Waals surface area (Å²) in [6.07, 6.45) is 2.40. The molecule has 1 atom stereocenters. The summed E-state index contributed by atoms with van der Waals surface area (Å²) in [5, 5.41) is 20.2. The van der Waals surface area contributed by atoms with E-state index in [4.69, 9.17) is 11.6 Å². The van der Waals surface area contributed by atoms with E-state index >= 15 is 0 Å². The smallest absolute Gasteiger partial charge is 0.115 e. The van der Waals surface area contributed by atoms with Gasteiger partial charge in [-0.05, 0) is 72.6 Å². The molecule has 3 rings (SSSR count). The van der Waals surface area contributed by atoms with Gasteiger partial charge in [0.05, 0.1) is 11.8 Å². The first-order chi connectivity index (χ1) is 12.8. The van der Waals surface area contributed by atoms with Crippen molar-refractivity contribution in [2.24, 2.45) is 11.8 Å². The first kappa shape index (κ1) is 19.8. The number of hydrogen-bond donors (Lipinski definition) is 1. The van der Waals surface area contributed by atoms with E-state index in [1.54, 1.807) is 4.80 Å². The molecule has 1 unspecified atom stereocenters. The predicted octanol–water partition coefficient (Wildman–Crippen LogP) is 5.22. The lowest BCUT2D eigenvalue weighted by molar-refractivity contribution is 0.125. The highest BCUT2D eigenvalue weighted by atomic mass is 35.5. The highest BCUT2D eigenvalue weighted by Gasteiger charge is 2.13. The van der Waals surface area contributed by atoms with Crippen molar-refractivity contribution in [3.63, 3.8) is 0 Å². The van der Waals surface area contributed by atoms with Gasteiger partial charge in [0.2, 0.25) is 0 Å². The third-order valence-corrected chi connectivity index (χ3v) is 5.07. The van der Waals surface area contributed by atoms with Gasteiger partial charge in [0.1, 0.15) is 11.0 Å². The molecule has 144 valence electrons. The van der Waals surface area contributed by atoms with Gasteiger partial charge in [-0.15, -0.1) is 10.2 Å². The third-order valence-electron chi connectivity index (χ3n) is 4.84. The Morgan fingerprint density at radius 1 is 0.963 bits per heavy atom. The lowest BCUT2D eigenvalue weighted by Crippen LogP contribution is -2.18. The van der Waals surface area contributed by atoms with Crippen LogP contribution >= 0.6 is 11.6 Å². The summed E-state index contributed by atoms with van der Waals surface area (Å²) in [5.74, 6) is 0.867. The van der Waals surface area contributed by atoms with Crippen LogP contribution in [0.3, 0.4) is 0 Å². The molecule has 0 saturated heterocycles. The van der Waals surface area contributed by atoms with Crippen molar-refractivity contribution in [2.45, 2.75) is 53.1 Å². The lowest BCUT2D eigenvalue weighted by atomic mass is 9.95. The predicted molar refractivity (Wildman–Crippen MR) is 112 cm³/mol. The molecule has 2 aromatic carbocycles. The Morgan fingerprint density at radius 2 is 1.67 bits per heavy atom. The average molecular weight is 386 g/mol. The molecule has 0 saturated carbocycles. The van der Waals surface area contributed by atoms with Gasteiger partial charge in [-0.2, -0.15) is 4.80 Å². The molecular weight excluding hydrogens is 358 g/mol. The number of hydrogen-bond acceptors (Lipinski definition) is 3. The number of nitrogens with zero attached hydrogens (tertiary/aromatic N) is 3. The van der Waals surface area contributed by atoms with Crippen LogP contribution in [-0.2, 0) is 12.8 Å². The minimum atomic E-state index is -0.360. The van der Waals surface area contributed by atoms with Crippen molar-refractivity contribution in [1.29, 1.82) is 0 Å². The van der Waals surface area contributed by atoms with Crippen molar-refractivity contribution >= 4 is 22.6 Å². The fraction of sp³-hybridized carbons (Fsp3) is 0.455. The van der Waals surface area contributed by atoms with Crippen molar-refractivity contribution < 1.29 is 5.11 Å². The molecule has 27 heavy (non-hydrogen) atoms. The molecule has 0 aliphatic rings. The fourth-order valence-corrected chi connectivity index (χ4v) is 3.22. The molecule has 0 aliphatic carbocycles. The van der Waals surface area contributed by atoms with Crippen LogP contribution in [0.25, 0.3) is 16.7 Å². The zero-order valence-electron chi connectivity index (χ0n) is 16.5. The zero-order valence-corrected chi connectivity index (χ0v) is 17.2. The van der Waals surface area contributed by atoms with Crippen LogP contribution in [0, 0.1) is 11.8 Å². The van der Waals surface area contributed by atoms with Crippen molar-refractivity contribution in [1.82, 2.24) is 15.0 Å². The van der Waals surface area contributed by atoms with E-state index in [9.17, 15) is 5.11 Å². The van der Waals surface area contributed by atoms with E-state index in [1.807, 2.05) is 32.0 Å². The zero-order chi connectivity index (χ0) is 19.6. The number of fused-ring (bicyclic) bond motifs is 1. The van der Waals surface area contributed by atoms with Crippen LogP contribution < -0.4 is 0 Å². The molecule has 0 aliphatic heterocycles. The summed E-state index contributed by atoms with van der Waals surface area (Å²) >= 11 is 6.08. The van der Waals surface area contributed by atoms with E-state index in [0.717, 1.165) is 35.1 Å². The summed E-state index contributed by atoms with van der Waals surface area (Å²) in [6, 6.07) is 12.0. The summed E-state index contributed by atoms with van der Waals surface area (Å²) < 4.78 is 0. The van der Waals surface area contributed by atoms with Crippen LogP contribution in [-0.4, -0.2) is 26.2 Å². The monoisotopic (exact) mass is 385 g/mol. The van der Waals surface area contributed by atoms with E-state index < -0.39 is 0 Å². The minimum absolute atomic E-state index is 0.223. The third kappa shape index (κ3) is 5.08. The minimum Gasteiger partial charge on any atom is -0.393 e. The first-order valence-electron chi connectivity index (χ1n) is 9.65. The second-order valence-corrected chi connectivity index (χ2v) is 8.51. The maximum absolute atomic E-state index is 10.3. The van der Waals surface area contributed by atoms with Gasteiger partial charge in [-0.25, -0.2) is 0 Å². The van der Waals surface area contributed by atoms with E-state index in [0.29, 0.717) is 17.4 Å². The van der Waals surface area contributed by atoms with E-state index in [2.05, 4.69) is 42.2 Å². The Labute approximate surface area is 166 Å². The van der Waals surface area contributed by atoms with Gasteiger partial charge < -0.3 is 5.11 Å². The van der Waals surface area contributed by atoms with Crippen molar-refractivity contribution in [3.05, 3.63) is 52.5 Å². The normalized spacial score (nSPS) is 13.0. The lowest BCUT2D eigenvalue weighted by Gasteiger charge is -2.16. The van der Waals surface area contributed by atoms with Crippen LogP contribution in [0.2, 0.25) is 5.02 Å². The van der Waals surface area contributed by atoms with Gasteiger partial charge in [0, 0.05) is 5.02 Å². The first-order valence-corrected chi connectivity index (χ1v) is 10.0. The fourth-order valence-electron chi connectivity index (χ4n) is 3.06. The molecule has 1 aromatic heterocycles. The van der Waals surface area contributed by atoms with Crippen LogP contribution in [0.5, 0.6) is 0 Å². The summed E-state index contributed by atoms with van der Waals surface area (Å²) in [7, 11) is 0. The van der Waals surface area contributed by atoms with Crippen molar-refractivity contribution in [3.8, 4) is 5.69 Å². The van der Waals surface area contributed by atoms with E-state index in [-0.39, 0.29) is 12.0 Å². The number of aryl methyl sites for hydroxylation is 1. The highest BCUT2D eigenvalue weighted by Crippen LogP contribution is 2.22. The van der Waals surface area contributed by atoms with Crippen LogP contribution in [0.4, 0.5) is 0 Å². The molecule has 1 N–H and O–H groups in total. The van der Waals surface area contributed by atoms with Gasteiger partial charge in [-0.3, -0.25) is 0 Å². The Balaban J connectivity index is 1.99. The Kier molecular flexibility index (Phi) is 6.18. The van der Waals surface area contributed by atoms with Gasteiger partial charge in [-0.1, -0.05) is 45.4 Å². The molecule has 4 nitrogen and oxygen atoms in total. The van der Waals surface area contributed by atoms with E-state index in [1.165, 1.54) is 5.56 Å². The van der Waals surface area contributed by atoms with Crippen molar-refractivity contribution in [2.75, 3.05) is 0 Å². The Bertz CT molecular complexity index is 917. The molecule has 0 spiro atoms. The molecule has 0 fully saturated rings. The molecule has 0 bridgehead atoms. The average Bonchev–Trinajstić information content (AvgIpc) is 3.02. The molecular formula is C22H28ClN3O. The summed E-state index contributed by atoms with van der Waals surface area (Å²) in [4.78, 5) is 1.67. The number of aliphatic hydroxyl groups excluding tert-OH is 1. The van der Waals surface area contributed by atoms with Crippen LogP contribution in [0.1, 0.15) is 45.2 Å².